The van der Waals surface area contributed by atoms with Crippen molar-refractivity contribution in [2.45, 2.75) is 33.2 Å². The first-order valence-electron chi connectivity index (χ1n) is 7.97. The lowest BCUT2D eigenvalue weighted by Crippen LogP contribution is -2.40. The summed E-state index contributed by atoms with van der Waals surface area (Å²) in [6.45, 7) is 5.18. The molecule has 2 aromatic heterocycles. The fourth-order valence-corrected chi connectivity index (χ4v) is 3.83. The number of aromatic nitrogens is 2. The summed E-state index contributed by atoms with van der Waals surface area (Å²) in [7, 11) is 0. The Kier molecular flexibility index (Phi) is 4.66. The van der Waals surface area contributed by atoms with Crippen LogP contribution in [0.3, 0.4) is 0 Å². The predicted molar refractivity (Wildman–Crippen MR) is 92.2 cm³/mol. The van der Waals surface area contributed by atoms with E-state index in [2.05, 4.69) is 10.3 Å². The molecule has 2 aromatic rings. The van der Waals surface area contributed by atoms with E-state index in [4.69, 9.17) is 0 Å². The molecule has 24 heavy (non-hydrogen) atoms. The van der Waals surface area contributed by atoms with Gasteiger partial charge in [0.2, 0.25) is 11.8 Å². The van der Waals surface area contributed by atoms with E-state index < -0.39 is 0 Å². The molecule has 0 radical (unpaired) electrons. The molecule has 8 heteroatoms. The second kappa shape index (κ2) is 6.72. The largest absolute Gasteiger partial charge is 0.345 e. The Hall–Kier alpha value is -2.22. The van der Waals surface area contributed by atoms with Gasteiger partial charge in [-0.05, 0) is 32.3 Å². The van der Waals surface area contributed by atoms with Crippen LogP contribution in [0.2, 0.25) is 0 Å². The minimum Gasteiger partial charge on any atom is -0.345 e. The number of rotatable bonds is 4. The molecule has 3 rings (SSSR count). The maximum absolute atomic E-state index is 12.5. The number of hydrogen-bond donors (Lipinski definition) is 1. The fourth-order valence-electron chi connectivity index (χ4n) is 2.85. The molecule has 1 N–H and O–H groups in total. The summed E-state index contributed by atoms with van der Waals surface area (Å²) in [5.74, 6) is -0.443. The number of fused-ring (bicyclic) bond motifs is 1. The SMILES string of the molecule is Cc1sc2ncn(CC(=O)NCC(=O)N3CCCC3)c(=O)c2c1C. The first-order chi connectivity index (χ1) is 11.5. The number of hydrogen-bond acceptors (Lipinski definition) is 5. The summed E-state index contributed by atoms with van der Waals surface area (Å²) in [5.41, 5.74) is 0.689. The molecule has 0 aromatic carbocycles. The summed E-state index contributed by atoms with van der Waals surface area (Å²) >= 11 is 1.47. The summed E-state index contributed by atoms with van der Waals surface area (Å²) in [6.07, 6.45) is 3.42. The lowest BCUT2D eigenvalue weighted by molar-refractivity contribution is -0.132. The normalized spacial score (nSPS) is 14.3. The van der Waals surface area contributed by atoms with Crippen molar-refractivity contribution in [2.75, 3.05) is 19.6 Å². The molecular formula is C16H20N4O3S. The number of likely N-dealkylation sites (tertiary alicyclic amines) is 1. The molecule has 2 amide bonds. The first kappa shape index (κ1) is 16.6. The Labute approximate surface area is 143 Å². The Balaban J connectivity index is 1.67. The summed E-state index contributed by atoms with van der Waals surface area (Å²) in [5, 5.41) is 3.16. The lowest BCUT2D eigenvalue weighted by atomic mass is 10.2. The second-order valence-electron chi connectivity index (χ2n) is 6.01. The van der Waals surface area contributed by atoms with E-state index in [9.17, 15) is 14.4 Å². The van der Waals surface area contributed by atoms with Crippen LogP contribution in [0.15, 0.2) is 11.1 Å². The van der Waals surface area contributed by atoms with Crippen molar-refractivity contribution in [3.05, 3.63) is 27.1 Å². The molecule has 3 heterocycles. The van der Waals surface area contributed by atoms with Gasteiger partial charge in [0.05, 0.1) is 18.3 Å². The van der Waals surface area contributed by atoms with E-state index in [1.807, 2.05) is 13.8 Å². The molecule has 1 aliphatic rings. The summed E-state index contributed by atoms with van der Waals surface area (Å²) in [4.78, 5) is 44.2. The monoisotopic (exact) mass is 348 g/mol. The van der Waals surface area contributed by atoms with Gasteiger partial charge >= 0.3 is 0 Å². The van der Waals surface area contributed by atoms with Gasteiger partial charge in [-0.15, -0.1) is 11.3 Å². The molecule has 0 unspecified atom stereocenters. The molecule has 0 atom stereocenters. The number of nitrogens with one attached hydrogen (secondary N) is 1. The molecule has 0 saturated carbocycles. The Morgan fingerprint density at radius 2 is 2.00 bits per heavy atom. The van der Waals surface area contributed by atoms with Crippen LogP contribution in [0.25, 0.3) is 10.2 Å². The maximum Gasteiger partial charge on any atom is 0.262 e. The quantitative estimate of drug-likeness (QED) is 0.886. The summed E-state index contributed by atoms with van der Waals surface area (Å²) in [6, 6.07) is 0. The number of thiophene rings is 1. The maximum atomic E-state index is 12.5. The zero-order valence-electron chi connectivity index (χ0n) is 13.8. The third-order valence-corrected chi connectivity index (χ3v) is 5.48. The van der Waals surface area contributed by atoms with Gasteiger partial charge in [-0.1, -0.05) is 0 Å². The highest BCUT2D eigenvalue weighted by atomic mass is 32.1. The van der Waals surface area contributed by atoms with Gasteiger partial charge in [-0.3, -0.25) is 19.0 Å². The lowest BCUT2D eigenvalue weighted by Gasteiger charge is -2.15. The molecular weight excluding hydrogens is 328 g/mol. The first-order valence-corrected chi connectivity index (χ1v) is 8.78. The van der Waals surface area contributed by atoms with Gasteiger partial charge in [-0.2, -0.15) is 0 Å². The zero-order valence-corrected chi connectivity index (χ0v) is 14.6. The number of aryl methyl sites for hydroxylation is 2. The zero-order chi connectivity index (χ0) is 17.3. The van der Waals surface area contributed by atoms with Gasteiger partial charge in [-0.25, -0.2) is 4.98 Å². The van der Waals surface area contributed by atoms with E-state index in [0.717, 1.165) is 36.4 Å². The predicted octanol–water partition coefficient (Wildman–Crippen LogP) is 0.813. The highest BCUT2D eigenvalue weighted by Crippen LogP contribution is 2.25. The highest BCUT2D eigenvalue weighted by molar-refractivity contribution is 7.18. The average molecular weight is 348 g/mol. The van der Waals surface area contributed by atoms with Crippen LogP contribution < -0.4 is 10.9 Å². The molecule has 128 valence electrons. The molecule has 7 nitrogen and oxygen atoms in total. The van der Waals surface area contributed by atoms with Gasteiger partial charge in [0.25, 0.3) is 5.56 Å². The van der Waals surface area contributed by atoms with E-state index in [0.29, 0.717) is 10.2 Å². The molecule has 1 fully saturated rings. The Morgan fingerprint density at radius 3 is 2.71 bits per heavy atom. The van der Waals surface area contributed by atoms with Crippen LogP contribution in [0, 0.1) is 13.8 Å². The number of carbonyl (C=O) groups excluding carboxylic acids is 2. The van der Waals surface area contributed by atoms with Crippen LogP contribution in [-0.2, 0) is 16.1 Å². The van der Waals surface area contributed by atoms with Crippen molar-refractivity contribution in [3.63, 3.8) is 0 Å². The minimum absolute atomic E-state index is 0.0279. The van der Waals surface area contributed by atoms with Gasteiger partial charge in [0.15, 0.2) is 0 Å². The smallest absolute Gasteiger partial charge is 0.262 e. The number of carbonyl (C=O) groups is 2. The topological polar surface area (TPSA) is 84.3 Å². The van der Waals surface area contributed by atoms with Crippen LogP contribution in [0.4, 0.5) is 0 Å². The van der Waals surface area contributed by atoms with Gasteiger partial charge in [0.1, 0.15) is 11.4 Å². The van der Waals surface area contributed by atoms with Crippen LogP contribution >= 0.6 is 11.3 Å². The molecule has 0 bridgehead atoms. The van der Waals surface area contributed by atoms with Crippen molar-refractivity contribution in [2.24, 2.45) is 0 Å². The van der Waals surface area contributed by atoms with E-state index in [1.165, 1.54) is 22.2 Å². The fraction of sp³-hybridized carbons (Fsp3) is 0.500. The van der Waals surface area contributed by atoms with Crippen molar-refractivity contribution in [1.82, 2.24) is 19.8 Å². The minimum atomic E-state index is -0.365. The average Bonchev–Trinajstić information content (AvgIpc) is 3.18. The molecule has 0 spiro atoms. The van der Waals surface area contributed by atoms with E-state index in [1.54, 1.807) is 4.90 Å². The third-order valence-electron chi connectivity index (χ3n) is 4.37. The van der Waals surface area contributed by atoms with Gasteiger partial charge < -0.3 is 10.2 Å². The molecule has 0 aliphatic carbocycles. The van der Waals surface area contributed by atoms with E-state index >= 15 is 0 Å². The van der Waals surface area contributed by atoms with Crippen molar-refractivity contribution < 1.29 is 9.59 Å². The third kappa shape index (κ3) is 3.19. The number of nitrogens with zero attached hydrogens (tertiary/aromatic N) is 3. The Bertz CT molecular complexity index is 849. The van der Waals surface area contributed by atoms with E-state index in [-0.39, 0.29) is 30.5 Å². The van der Waals surface area contributed by atoms with Crippen LogP contribution in [0.1, 0.15) is 23.3 Å². The molecule has 1 aliphatic heterocycles. The standard InChI is InChI=1S/C16H20N4O3S/c1-10-11(2)24-15-14(10)16(23)20(9-18-15)8-12(21)17-7-13(22)19-5-3-4-6-19/h9H,3-8H2,1-2H3,(H,17,21). The molecule has 1 saturated heterocycles. The number of amides is 2. The van der Waals surface area contributed by atoms with Crippen molar-refractivity contribution in [1.29, 1.82) is 0 Å². The second-order valence-corrected chi connectivity index (χ2v) is 7.21. The van der Waals surface area contributed by atoms with Crippen LogP contribution in [0.5, 0.6) is 0 Å². The Morgan fingerprint density at radius 1 is 1.29 bits per heavy atom. The highest BCUT2D eigenvalue weighted by Gasteiger charge is 2.18. The van der Waals surface area contributed by atoms with Crippen molar-refractivity contribution >= 4 is 33.4 Å². The van der Waals surface area contributed by atoms with Crippen molar-refractivity contribution in [3.8, 4) is 0 Å². The summed E-state index contributed by atoms with van der Waals surface area (Å²) < 4.78 is 1.29. The van der Waals surface area contributed by atoms with Gasteiger partial charge in [0, 0.05) is 18.0 Å². The van der Waals surface area contributed by atoms with Crippen LogP contribution in [-0.4, -0.2) is 45.9 Å².